The molecule has 0 aromatic heterocycles. The smallest absolute Gasteiger partial charge is 0.387 e. The van der Waals surface area contributed by atoms with Gasteiger partial charge in [0.05, 0.1) is 0 Å². The topological polar surface area (TPSA) is 127 Å². The fourth-order valence-electron chi connectivity index (χ4n) is 0.459. The first-order valence-electron chi connectivity index (χ1n) is 3.60. The fourth-order valence-corrected chi connectivity index (χ4v) is 0.754. The van der Waals surface area contributed by atoms with Crippen LogP contribution in [0.3, 0.4) is 0 Å². The minimum atomic E-state index is -4.95. The Morgan fingerprint density at radius 2 is 1.56 bits per heavy atom. The van der Waals surface area contributed by atoms with Crippen LogP contribution in [-0.4, -0.2) is 27.7 Å². The van der Waals surface area contributed by atoms with Crippen LogP contribution in [0.25, 0.3) is 0 Å². The number of phosphoric acid groups is 1. The van der Waals surface area contributed by atoms with Crippen LogP contribution < -0.4 is 0 Å². The van der Waals surface area contributed by atoms with Gasteiger partial charge < -0.3 is 9.26 Å². The van der Waals surface area contributed by atoms with E-state index in [9.17, 15) is 18.9 Å². The number of esters is 2. The molecule has 2 N–H and O–H groups in total. The number of carbonyl (C=O) groups excluding carboxylic acids is 3. The summed E-state index contributed by atoms with van der Waals surface area (Å²) in [6, 6.07) is 0. The molecule has 0 amide bonds. The Balaban J connectivity index is 4.24. The molecule has 0 bridgehead atoms. The number of phosphoric ester groups is 1. The van der Waals surface area contributed by atoms with Crippen molar-refractivity contribution in [3.8, 4) is 0 Å². The molecule has 9 heteroatoms. The number of hydrogen-bond acceptors (Lipinski definition) is 6. The molecule has 0 atom stereocenters. The maximum Gasteiger partial charge on any atom is 0.527 e. The van der Waals surface area contributed by atoms with Crippen LogP contribution in [0, 0.1) is 0 Å². The Morgan fingerprint density at radius 1 is 1.06 bits per heavy atom. The van der Waals surface area contributed by atoms with Gasteiger partial charge in [-0.15, -0.1) is 0 Å². The van der Waals surface area contributed by atoms with Crippen molar-refractivity contribution in [2.75, 3.05) is 0 Å². The van der Waals surface area contributed by atoms with E-state index in [-0.39, 0.29) is 0 Å². The van der Waals surface area contributed by atoms with E-state index >= 15 is 0 Å². The SMILES string of the molecule is C=CC(=O)OC(=O)/C=C\C(=O)OP(=O)(O)O. The second-order valence-corrected chi connectivity index (χ2v) is 3.34. The molecule has 0 radical (unpaired) electrons. The maximum atomic E-state index is 10.7. The molecular formula is C7H7O8P. The molecule has 0 aromatic carbocycles. The van der Waals surface area contributed by atoms with Gasteiger partial charge in [-0.25, -0.2) is 18.9 Å². The molecule has 0 aliphatic carbocycles. The molecular weight excluding hydrogens is 243 g/mol. The lowest BCUT2D eigenvalue weighted by atomic mass is 10.5. The predicted octanol–water partition coefficient (Wildman–Crippen LogP) is -0.566. The Labute approximate surface area is 89.4 Å². The van der Waals surface area contributed by atoms with E-state index in [4.69, 9.17) is 9.79 Å². The Morgan fingerprint density at radius 3 is 2.00 bits per heavy atom. The minimum Gasteiger partial charge on any atom is -0.387 e. The highest BCUT2D eigenvalue weighted by Crippen LogP contribution is 2.35. The molecule has 8 nitrogen and oxygen atoms in total. The number of hydrogen-bond donors (Lipinski definition) is 2. The molecule has 0 saturated carbocycles. The molecule has 88 valence electrons. The van der Waals surface area contributed by atoms with Crippen molar-refractivity contribution < 1.29 is 38.0 Å². The third kappa shape index (κ3) is 7.63. The Kier molecular flexibility index (Phi) is 5.31. The lowest BCUT2D eigenvalue weighted by molar-refractivity contribution is -0.152. The van der Waals surface area contributed by atoms with E-state index in [1.165, 1.54) is 0 Å². The van der Waals surface area contributed by atoms with Crippen molar-refractivity contribution >= 4 is 25.7 Å². The third-order valence-electron chi connectivity index (χ3n) is 0.932. The van der Waals surface area contributed by atoms with E-state index in [0.717, 1.165) is 6.08 Å². The summed E-state index contributed by atoms with van der Waals surface area (Å²) < 4.78 is 17.7. The van der Waals surface area contributed by atoms with Crippen LogP contribution in [0.1, 0.15) is 0 Å². The first-order chi connectivity index (χ1) is 7.24. The van der Waals surface area contributed by atoms with E-state index < -0.39 is 25.7 Å². The van der Waals surface area contributed by atoms with Gasteiger partial charge in [0.2, 0.25) is 0 Å². The average molecular weight is 250 g/mol. The van der Waals surface area contributed by atoms with Crippen molar-refractivity contribution in [3.05, 3.63) is 24.8 Å². The Hall–Kier alpha value is -1.76. The first kappa shape index (κ1) is 14.2. The standard InChI is InChI=1S/C7H7O8P/c1-2-5(8)14-6(9)3-4-7(10)15-16(11,12)13/h2-4H,1H2,(H2,11,12,13)/b4-3-. The molecule has 0 rings (SSSR count). The molecule has 0 fully saturated rings. The number of carbonyl (C=O) groups is 3. The van der Waals surface area contributed by atoms with Crippen molar-refractivity contribution in [1.29, 1.82) is 0 Å². The largest absolute Gasteiger partial charge is 0.527 e. The molecule has 0 unspecified atom stereocenters. The third-order valence-corrected chi connectivity index (χ3v) is 1.35. The summed E-state index contributed by atoms with van der Waals surface area (Å²) in [6.07, 6.45) is 1.59. The molecule has 16 heavy (non-hydrogen) atoms. The molecule has 0 aromatic rings. The van der Waals surface area contributed by atoms with Crippen LogP contribution in [-0.2, 0) is 28.2 Å². The van der Waals surface area contributed by atoms with E-state index in [1.54, 1.807) is 0 Å². The highest BCUT2D eigenvalue weighted by Gasteiger charge is 2.18. The van der Waals surface area contributed by atoms with Crippen LogP contribution in [0.15, 0.2) is 24.8 Å². The second-order valence-electron chi connectivity index (χ2n) is 2.18. The Bertz CT molecular complexity index is 389. The minimum absolute atomic E-state index is 0.401. The lowest BCUT2D eigenvalue weighted by Gasteiger charge is -2.00. The second kappa shape index (κ2) is 5.96. The monoisotopic (exact) mass is 250 g/mol. The summed E-state index contributed by atoms with van der Waals surface area (Å²) in [5.41, 5.74) is 0. The zero-order valence-corrected chi connectivity index (χ0v) is 8.62. The lowest BCUT2D eigenvalue weighted by Crippen LogP contribution is -2.07. The molecule has 0 spiro atoms. The summed E-state index contributed by atoms with van der Waals surface area (Å²) in [5, 5.41) is 0. The molecule has 0 saturated heterocycles. The molecule has 0 heterocycles. The summed E-state index contributed by atoms with van der Waals surface area (Å²) >= 11 is 0. The van der Waals surface area contributed by atoms with Crippen molar-refractivity contribution in [2.24, 2.45) is 0 Å². The van der Waals surface area contributed by atoms with Gasteiger partial charge in [0.25, 0.3) is 0 Å². The predicted molar refractivity (Wildman–Crippen MR) is 48.6 cm³/mol. The molecule has 0 aliphatic rings. The highest BCUT2D eigenvalue weighted by atomic mass is 31.2. The first-order valence-corrected chi connectivity index (χ1v) is 5.13. The van der Waals surface area contributed by atoms with Crippen LogP contribution in [0.2, 0.25) is 0 Å². The van der Waals surface area contributed by atoms with Gasteiger partial charge >= 0.3 is 25.7 Å². The van der Waals surface area contributed by atoms with Gasteiger partial charge in [-0.1, -0.05) is 6.58 Å². The van der Waals surface area contributed by atoms with Gasteiger partial charge in [-0.2, -0.15) is 0 Å². The summed E-state index contributed by atoms with van der Waals surface area (Å²) in [7, 11) is -4.95. The van der Waals surface area contributed by atoms with Gasteiger partial charge in [0.1, 0.15) is 0 Å². The zero-order chi connectivity index (χ0) is 12.8. The van der Waals surface area contributed by atoms with E-state index in [1.807, 2.05) is 0 Å². The van der Waals surface area contributed by atoms with Crippen molar-refractivity contribution in [3.63, 3.8) is 0 Å². The average Bonchev–Trinajstić information content (AvgIpc) is 2.12. The summed E-state index contributed by atoms with van der Waals surface area (Å²) in [5.74, 6) is -3.68. The molecule has 0 aliphatic heterocycles. The number of rotatable bonds is 4. The highest BCUT2D eigenvalue weighted by molar-refractivity contribution is 7.46. The van der Waals surface area contributed by atoms with Gasteiger partial charge in [-0.3, -0.25) is 9.79 Å². The van der Waals surface area contributed by atoms with E-state index in [2.05, 4.69) is 15.8 Å². The van der Waals surface area contributed by atoms with Gasteiger partial charge in [0.15, 0.2) is 0 Å². The van der Waals surface area contributed by atoms with Crippen LogP contribution in [0.4, 0.5) is 0 Å². The fraction of sp³-hybridized carbons (Fsp3) is 0. The van der Waals surface area contributed by atoms with E-state index in [0.29, 0.717) is 12.2 Å². The van der Waals surface area contributed by atoms with Crippen LogP contribution in [0.5, 0.6) is 0 Å². The van der Waals surface area contributed by atoms with Gasteiger partial charge in [-0.05, 0) is 0 Å². The zero-order valence-electron chi connectivity index (χ0n) is 7.73. The van der Waals surface area contributed by atoms with Crippen LogP contribution >= 0.6 is 7.82 Å². The maximum absolute atomic E-state index is 10.7. The normalized spacial score (nSPS) is 10.9. The van der Waals surface area contributed by atoms with Gasteiger partial charge in [0, 0.05) is 18.2 Å². The van der Waals surface area contributed by atoms with Crippen molar-refractivity contribution in [1.82, 2.24) is 0 Å². The summed E-state index contributed by atoms with van der Waals surface area (Å²) in [6.45, 7) is 3.01. The quantitative estimate of drug-likeness (QED) is 0.294. The number of ether oxygens (including phenoxy) is 1. The van der Waals surface area contributed by atoms with Crippen molar-refractivity contribution in [2.45, 2.75) is 0 Å². The summed E-state index contributed by atoms with van der Waals surface area (Å²) in [4.78, 5) is 48.1.